The highest BCUT2D eigenvalue weighted by molar-refractivity contribution is 5.88. The number of methoxy groups -OCH3 is 1. The predicted octanol–water partition coefficient (Wildman–Crippen LogP) is 3.69. The minimum absolute atomic E-state index is 0.0277. The molecular formula is C24H29FN2O4. The Morgan fingerprint density at radius 3 is 2.42 bits per heavy atom. The number of rotatable bonds is 9. The number of carbonyl (C=O) groups is 2. The van der Waals surface area contributed by atoms with E-state index < -0.39 is 17.8 Å². The molecule has 31 heavy (non-hydrogen) atoms. The van der Waals surface area contributed by atoms with Crippen LogP contribution >= 0.6 is 0 Å². The Morgan fingerprint density at radius 2 is 1.74 bits per heavy atom. The third kappa shape index (κ3) is 5.96. The SMILES string of the molecule is COc1ccccc1OCC(=O)N(Cc1ccccc1F)[C@H](C)C(=O)NC1CCCC1. The average Bonchev–Trinajstić information content (AvgIpc) is 3.29. The van der Waals surface area contributed by atoms with Crippen molar-refractivity contribution in [2.45, 2.75) is 51.2 Å². The second kappa shape index (κ2) is 10.8. The van der Waals surface area contributed by atoms with E-state index >= 15 is 0 Å². The predicted molar refractivity (Wildman–Crippen MR) is 115 cm³/mol. The van der Waals surface area contributed by atoms with E-state index in [4.69, 9.17) is 9.47 Å². The van der Waals surface area contributed by atoms with Gasteiger partial charge in [-0.05, 0) is 38.0 Å². The molecule has 0 aliphatic heterocycles. The van der Waals surface area contributed by atoms with Crippen molar-refractivity contribution in [1.29, 1.82) is 0 Å². The van der Waals surface area contributed by atoms with Crippen molar-refractivity contribution in [2.24, 2.45) is 0 Å². The van der Waals surface area contributed by atoms with Gasteiger partial charge < -0.3 is 19.7 Å². The summed E-state index contributed by atoms with van der Waals surface area (Å²) in [6.45, 7) is 1.34. The van der Waals surface area contributed by atoms with Crippen LogP contribution in [-0.4, -0.2) is 42.5 Å². The van der Waals surface area contributed by atoms with Crippen LogP contribution < -0.4 is 14.8 Å². The minimum atomic E-state index is -0.769. The molecular weight excluding hydrogens is 399 g/mol. The highest BCUT2D eigenvalue weighted by atomic mass is 19.1. The number of hydrogen-bond acceptors (Lipinski definition) is 4. The van der Waals surface area contributed by atoms with E-state index in [1.165, 1.54) is 18.1 Å². The van der Waals surface area contributed by atoms with Crippen LogP contribution in [0.25, 0.3) is 0 Å². The van der Waals surface area contributed by atoms with E-state index in [0.717, 1.165) is 25.7 Å². The molecule has 1 N–H and O–H groups in total. The maximum absolute atomic E-state index is 14.3. The molecule has 0 radical (unpaired) electrons. The molecule has 0 aromatic heterocycles. The van der Waals surface area contributed by atoms with Crippen molar-refractivity contribution in [3.05, 3.63) is 59.9 Å². The van der Waals surface area contributed by atoms with Crippen LogP contribution in [0.3, 0.4) is 0 Å². The summed E-state index contributed by atoms with van der Waals surface area (Å²) < 4.78 is 25.2. The number of nitrogens with one attached hydrogen (secondary N) is 1. The molecule has 0 unspecified atom stereocenters. The summed E-state index contributed by atoms with van der Waals surface area (Å²) in [4.78, 5) is 27.3. The third-order valence-corrected chi connectivity index (χ3v) is 5.59. The Labute approximate surface area is 182 Å². The molecule has 1 atom stereocenters. The van der Waals surface area contributed by atoms with Gasteiger partial charge in [-0.1, -0.05) is 43.2 Å². The number of hydrogen-bond donors (Lipinski definition) is 1. The lowest BCUT2D eigenvalue weighted by atomic mass is 10.1. The molecule has 166 valence electrons. The van der Waals surface area contributed by atoms with Crippen LogP contribution in [0, 0.1) is 5.82 Å². The Bertz CT molecular complexity index is 899. The normalized spacial score (nSPS) is 14.7. The average molecular weight is 429 g/mol. The molecule has 1 aliphatic carbocycles. The Morgan fingerprint density at radius 1 is 1.10 bits per heavy atom. The van der Waals surface area contributed by atoms with Crippen molar-refractivity contribution < 1.29 is 23.5 Å². The second-order valence-corrected chi connectivity index (χ2v) is 7.72. The van der Waals surface area contributed by atoms with Gasteiger partial charge in [0.25, 0.3) is 5.91 Å². The number of amides is 2. The fourth-order valence-electron chi connectivity index (χ4n) is 3.75. The summed E-state index contributed by atoms with van der Waals surface area (Å²) in [6.07, 6.45) is 4.06. The third-order valence-electron chi connectivity index (χ3n) is 5.59. The summed E-state index contributed by atoms with van der Waals surface area (Å²) >= 11 is 0. The first-order valence-electron chi connectivity index (χ1n) is 10.6. The molecule has 7 heteroatoms. The van der Waals surface area contributed by atoms with Gasteiger partial charge in [0.1, 0.15) is 11.9 Å². The van der Waals surface area contributed by atoms with Gasteiger partial charge in [0.2, 0.25) is 5.91 Å². The summed E-state index contributed by atoms with van der Waals surface area (Å²) in [7, 11) is 1.52. The largest absolute Gasteiger partial charge is 0.493 e. The van der Waals surface area contributed by atoms with Gasteiger partial charge in [0, 0.05) is 18.2 Å². The van der Waals surface area contributed by atoms with Gasteiger partial charge >= 0.3 is 0 Å². The molecule has 1 saturated carbocycles. The van der Waals surface area contributed by atoms with Crippen molar-refractivity contribution in [2.75, 3.05) is 13.7 Å². The van der Waals surface area contributed by atoms with E-state index in [1.54, 1.807) is 49.4 Å². The lowest BCUT2D eigenvalue weighted by Crippen LogP contribution is -2.50. The molecule has 0 saturated heterocycles. The fraction of sp³-hybridized carbons (Fsp3) is 0.417. The van der Waals surface area contributed by atoms with Gasteiger partial charge in [-0.3, -0.25) is 9.59 Å². The van der Waals surface area contributed by atoms with Gasteiger partial charge in [-0.15, -0.1) is 0 Å². The zero-order chi connectivity index (χ0) is 22.2. The summed E-state index contributed by atoms with van der Waals surface area (Å²) in [5, 5.41) is 3.02. The maximum Gasteiger partial charge on any atom is 0.261 e. The van der Waals surface area contributed by atoms with Gasteiger partial charge in [-0.25, -0.2) is 4.39 Å². The summed E-state index contributed by atoms with van der Waals surface area (Å²) in [5.41, 5.74) is 0.341. The maximum atomic E-state index is 14.3. The number of nitrogens with zero attached hydrogens (tertiary/aromatic N) is 1. The van der Waals surface area contributed by atoms with Gasteiger partial charge in [0.15, 0.2) is 18.1 Å². The van der Waals surface area contributed by atoms with E-state index in [-0.39, 0.29) is 25.1 Å². The topological polar surface area (TPSA) is 67.9 Å². The molecule has 0 spiro atoms. The summed E-state index contributed by atoms with van der Waals surface area (Å²) in [5.74, 6) is -0.151. The van der Waals surface area contributed by atoms with Gasteiger partial charge in [-0.2, -0.15) is 0 Å². The number of halogens is 1. The van der Waals surface area contributed by atoms with Crippen LogP contribution in [0.4, 0.5) is 4.39 Å². The number of ether oxygens (including phenoxy) is 2. The molecule has 2 aromatic carbocycles. The molecule has 2 amide bonds. The Hall–Kier alpha value is -3.09. The molecule has 0 heterocycles. The highest BCUT2D eigenvalue weighted by Crippen LogP contribution is 2.26. The lowest BCUT2D eigenvalue weighted by Gasteiger charge is -2.29. The molecule has 3 rings (SSSR count). The van der Waals surface area contributed by atoms with E-state index in [1.807, 2.05) is 0 Å². The lowest BCUT2D eigenvalue weighted by molar-refractivity contribution is -0.142. The molecule has 0 bridgehead atoms. The van der Waals surface area contributed by atoms with E-state index in [9.17, 15) is 14.0 Å². The first kappa shape index (κ1) is 22.6. The van der Waals surface area contributed by atoms with Crippen molar-refractivity contribution in [3.8, 4) is 11.5 Å². The Balaban J connectivity index is 1.74. The zero-order valence-electron chi connectivity index (χ0n) is 18.0. The summed E-state index contributed by atoms with van der Waals surface area (Å²) in [6, 6.07) is 12.6. The van der Waals surface area contributed by atoms with Crippen LogP contribution in [-0.2, 0) is 16.1 Å². The quantitative estimate of drug-likeness (QED) is 0.662. The number of carbonyl (C=O) groups excluding carboxylic acids is 2. The molecule has 1 aliphatic rings. The zero-order valence-corrected chi connectivity index (χ0v) is 18.0. The Kier molecular flexibility index (Phi) is 7.87. The first-order valence-corrected chi connectivity index (χ1v) is 10.6. The van der Waals surface area contributed by atoms with Crippen molar-refractivity contribution >= 4 is 11.8 Å². The standard InChI is InChI=1S/C24H29FN2O4/c1-17(24(29)26-19-10-4-5-11-19)27(15-18-9-3-6-12-20(18)25)23(28)16-31-22-14-8-7-13-21(22)30-2/h3,6-9,12-14,17,19H,4-5,10-11,15-16H2,1-2H3,(H,26,29)/t17-/m1/s1. The van der Waals surface area contributed by atoms with Crippen molar-refractivity contribution in [3.63, 3.8) is 0 Å². The van der Waals surface area contributed by atoms with Gasteiger partial charge in [0.05, 0.1) is 7.11 Å². The molecule has 1 fully saturated rings. The van der Waals surface area contributed by atoms with Crippen LogP contribution in [0.5, 0.6) is 11.5 Å². The van der Waals surface area contributed by atoms with E-state index in [0.29, 0.717) is 17.1 Å². The smallest absolute Gasteiger partial charge is 0.261 e. The first-order chi connectivity index (χ1) is 15.0. The molecule has 2 aromatic rings. The monoisotopic (exact) mass is 428 g/mol. The van der Waals surface area contributed by atoms with Crippen LogP contribution in [0.2, 0.25) is 0 Å². The fourth-order valence-corrected chi connectivity index (χ4v) is 3.75. The van der Waals surface area contributed by atoms with Crippen molar-refractivity contribution in [1.82, 2.24) is 10.2 Å². The number of benzene rings is 2. The van der Waals surface area contributed by atoms with Crippen LogP contribution in [0.1, 0.15) is 38.2 Å². The van der Waals surface area contributed by atoms with E-state index in [2.05, 4.69) is 5.32 Å². The minimum Gasteiger partial charge on any atom is -0.493 e. The molecule has 6 nitrogen and oxygen atoms in total. The highest BCUT2D eigenvalue weighted by Gasteiger charge is 2.29. The number of para-hydroxylation sites is 2. The van der Waals surface area contributed by atoms with Crippen LogP contribution in [0.15, 0.2) is 48.5 Å². The second-order valence-electron chi connectivity index (χ2n) is 7.72.